The number of hydrogen-bond donors (Lipinski definition) is 1. The normalized spacial score (nSPS) is 10.6. The summed E-state index contributed by atoms with van der Waals surface area (Å²) in [5.41, 5.74) is -0.352. The first kappa shape index (κ1) is 23.0. The van der Waals surface area contributed by atoms with E-state index < -0.39 is 29.0 Å². The number of nitrogens with one attached hydrogen (secondary N) is 1. The zero-order chi connectivity index (χ0) is 23.1. The third-order valence-corrected chi connectivity index (χ3v) is 5.00. The number of rotatable bonds is 8. The SMILES string of the molecule is CCn1c(=O)c(C(=O)CCl)c(NC(=O)OCc2ccccc2)n(Cc2ccccc2)c1=O. The van der Waals surface area contributed by atoms with Crippen LogP contribution in [-0.4, -0.2) is 26.9 Å². The number of hydrogen-bond acceptors (Lipinski definition) is 5. The maximum Gasteiger partial charge on any atom is 0.413 e. The second kappa shape index (κ2) is 10.6. The standard InChI is InChI=1S/C23H22ClN3O5/c1-2-26-21(29)19(18(28)13-24)20(25-22(30)32-15-17-11-7-4-8-12-17)27(23(26)31)14-16-9-5-3-6-10-16/h3-12H,2,13-15H2,1H3,(H,25,30). The minimum atomic E-state index is -0.910. The fourth-order valence-electron chi connectivity index (χ4n) is 3.19. The van der Waals surface area contributed by atoms with Gasteiger partial charge in [0, 0.05) is 6.54 Å². The van der Waals surface area contributed by atoms with Gasteiger partial charge in [0.15, 0.2) is 5.78 Å². The van der Waals surface area contributed by atoms with Crippen LogP contribution in [0.5, 0.6) is 0 Å². The molecule has 1 heterocycles. The first-order valence-electron chi connectivity index (χ1n) is 9.94. The average Bonchev–Trinajstić information content (AvgIpc) is 2.81. The van der Waals surface area contributed by atoms with Crippen molar-refractivity contribution in [3.63, 3.8) is 0 Å². The molecular weight excluding hydrogens is 434 g/mol. The van der Waals surface area contributed by atoms with Crippen molar-refractivity contribution in [2.75, 3.05) is 11.2 Å². The smallest absolute Gasteiger partial charge is 0.413 e. The van der Waals surface area contributed by atoms with E-state index in [1.54, 1.807) is 55.5 Å². The lowest BCUT2D eigenvalue weighted by molar-refractivity contribution is 0.101. The molecule has 0 bridgehead atoms. The molecule has 0 aliphatic carbocycles. The Morgan fingerprint density at radius 2 is 1.53 bits per heavy atom. The summed E-state index contributed by atoms with van der Waals surface area (Å²) in [5, 5.41) is 2.43. The molecule has 0 saturated heterocycles. The summed E-state index contributed by atoms with van der Waals surface area (Å²) >= 11 is 5.73. The Morgan fingerprint density at radius 1 is 0.938 bits per heavy atom. The molecule has 0 aliphatic rings. The summed E-state index contributed by atoms with van der Waals surface area (Å²) in [6, 6.07) is 18.0. The van der Waals surface area contributed by atoms with Crippen LogP contribution in [0.2, 0.25) is 0 Å². The third kappa shape index (κ3) is 5.15. The summed E-state index contributed by atoms with van der Waals surface area (Å²) in [5.74, 6) is -1.44. The molecule has 3 aromatic rings. The van der Waals surface area contributed by atoms with Crippen LogP contribution in [0.25, 0.3) is 0 Å². The molecule has 3 rings (SSSR count). The molecule has 0 radical (unpaired) electrons. The van der Waals surface area contributed by atoms with Crippen LogP contribution in [0.1, 0.15) is 28.4 Å². The Labute approximate surface area is 189 Å². The van der Waals surface area contributed by atoms with Gasteiger partial charge in [0.05, 0.1) is 12.4 Å². The number of anilines is 1. The molecule has 0 aliphatic heterocycles. The van der Waals surface area contributed by atoms with Crippen LogP contribution in [-0.2, 0) is 24.4 Å². The summed E-state index contributed by atoms with van der Waals surface area (Å²) < 4.78 is 7.33. The second-order valence-corrected chi connectivity index (χ2v) is 7.14. The first-order valence-corrected chi connectivity index (χ1v) is 10.5. The average molecular weight is 456 g/mol. The fourth-order valence-corrected chi connectivity index (χ4v) is 3.33. The zero-order valence-corrected chi connectivity index (χ0v) is 18.2. The van der Waals surface area contributed by atoms with Crippen LogP contribution >= 0.6 is 11.6 Å². The maximum atomic E-state index is 13.1. The minimum Gasteiger partial charge on any atom is -0.444 e. The van der Waals surface area contributed by atoms with Gasteiger partial charge in [-0.1, -0.05) is 60.7 Å². The van der Waals surface area contributed by atoms with Crippen LogP contribution < -0.4 is 16.6 Å². The lowest BCUT2D eigenvalue weighted by Gasteiger charge is -2.19. The number of Topliss-reactive ketones (excluding diaryl/α,β-unsaturated/α-hetero) is 1. The van der Waals surface area contributed by atoms with Gasteiger partial charge in [0.1, 0.15) is 18.0 Å². The van der Waals surface area contributed by atoms with Crippen LogP contribution in [0.4, 0.5) is 10.6 Å². The Hall–Kier alpha value is -3.65. The van der Waals surface area contributed by atoms with Crippen molar-refractivity contribution >= 4 is 29.3 Å². The first-order chi connectivity index (χ1) is 15.5. The Balaban J connectivity index is 2.06. The molecule has 0 fully saturated rings. The van der Waals surface area contributed by atoms with E-state index in [4.69, 9.17) is 16.3 Å². The summed E-state index contributed by atoms with van der Waals surface area (Å²) in [7, 11) is 0. The molecule has 166 valence electrons. The van der Waals surface area contributed by atoms with Crippen LogP contribution in [0.15, 0.2) is 70.3 Å². The van der Waals surface area contributed by atoms with Gasteiger partial charge >= 0.3 is 11.8 Å². The van der Waals surface area contributed by atoms with Gasteiger partial charge in [-0.3, -0.25) is 24.0 Å². The van der Waals surface area contributed by atoms with Crippen molar-refractivity contribution < 1.29 is 14.3 Å². The Morgan fingerprint density at radius 3 is 2.09 bits per heavy atom. The predicted molar refractivity (Wildman–Crippen MR) is 121 cm³/mol. The second-order valence-electron chi connectivity index (χ2n) is 6.87. The number of benzene rings is 2. The van der Waals surface area contributed by atoms with Gasteiger partial charge in [0.2, 0.25) is 0 Å². The molecule has 1 amide bonds. The van der Waals surface area contributed by atoms with Crippen molar-refractivity contribution in [3.8, 4) is 0 Å². The molecule has 32 heavy (non-hydrogen) atoms. The number of alkyl halides is 1. The van der Waals surface area contributed by atoms with Gasteiger partial charge in [-0.2, -0.15) is 0 Å². The van der Waals surface area contributed by atoms with E-state index in [1.165, 1.54) is 4.57 Å². The van der Waals surface area contributed by atoms with Gasteiger partial charge in [-0.15, -0.1) is 11.6 Å². The lowest BCUT2D eigenvalue weighted by Crippen LogP contribution is -2.44. The quantitative estimate of drug-likeness (QED) is 0.415. The number of ether oxygens (including phenoxy) is 1. The summed E-state index contributed by atoms with van der Waals surface area (Å²) in [4.78, 5) is 51.0. The highest BCUT2D eigenvalue weighted by Crippen LogP contribution is 2.15. The monoisotopic (exact) mass is 455 g/mol. The number of nitrogens with zero attached hydrogens (tertiary/aromatic N) is 2. The summed E-state index contributed by atoms with van der Waals surface area (Å²) in [6.07, 6.45) is -0.910. The van der Waals surface area contributed by atoms with Gasteiger partial charge in [-0.05, 0) is 18.1 Å². The van der Waals surface area contributed by atoms with Crippen molar-refractivity contribution in [2.45, 2.75) is 26.6 Å². The molecule has 2 aromatic carbocycles. The predicted octanol–water partition coefficient (Wildman–Crippen LogP) is 3.25. The fraction of sp³-hybridized carbons (Fsp3) is 0.217. The Bertz CT molecular complexity index is 1220. The molecule has 1 aromatic heterocycles. The number of carbonyl (C=O) groups is 2. The zero-order valence-electron chi connectivity index (χ0n) is 17.4. The van der Waals surface area contributed by atoms with E-state index in [0.29, 0.717) is 0 Å². The highest BCUT2D eigenvalue weighted by Gasteiger charge is 2.25. The van der Waals surface area contributed by atoms with Crippen molar-refractivity contribution in [2.24, 2.45) is 0 Å². The highest BCUT2D eigenvalue weighted by molar-refractivity contribution is 6.31. The van der Waals surface area contributed by atoms with Gasteiger partial charge in [0.25, 0.3) is 5.56 Å². The van der Waals surface area contributed by atoms with Gasteiger partial charge < -0.3 is 4.74 Å². The molecule has 8 nitrogen and oxygen atoms in total. The molecule has 1 N–H and O–H groups in total. The van der Waals surface area contributed by atoms with E-state index in [0.717, 1.165) is 15.7 Å². The van der Waals surface area contributed by atoms with Crippen molar-refractivity contribution in [1.29, 1.82) is 0 Å². The number of aromatic nitrogens is 2. The van der Waals surface area contributed by atoms with E-state index in [9.17, 15) is 19.2 Å². The van der Waals surface area contributed by atoms with E-state index >= 15 is 0 Å². The number of halogens is 1. The lowest BCUT2D eigenvalue weighted by atomic mass is 10.2. The molecular formula is C23H22ClN3O5. The Kier molecular flexibility index (Phi) is 7.62. The molecule has 0 unspecified atom stereocenters. The minimum absolute atomic E-state index is 0.0246. The number of amides is 1. The maximum absolute atomic E-state index is 13.1. The van der Waals surface area contributed by atoms with Gasteiger partial charge in [-0.25, -0.2) is 9.59 Å². The highest BCUT2D eigenvalue weighted by atomic mass is 35.5. The number of carbonyl (C=O) groups excluding carboxylic acids is 2. The summed E-state index contributed by atoms with van der Waals surface area (Å²) in [6.45, 7) is 1.66. The largest absolute Gasteiger partial charge is 0.444 e. The molecule has 0 saturated carbocycles. The molecule has 0 spiro atoms. The molecule has 0 atom stereocenters. The molecule has 9 heteroatoms. The van der Waals surface area contributed by atoms with Crippen LogP contribution in [0, 0.1) is 0 Å². The van der Waals surface area contributed by atoms with E-state index in [1.807, 2.05) is 12.1 Å². The topological polar surface area (TPSA) is 99.4 Å². The third-order valence-electron chi connectivity index (χ3n) is 4.76. The van der Waals surface area contributed by atoms with E-state index in [-0.39, 0.29) is 31.1 Å². The van der Waals surface area contributed by atoms with Crippen molar-refractivity contribution in [1.82, 2.24) is 9.13 Å². The van der Waals surface area contributed by atoms with Crippen LogP contribution in [0.3, 0.4) is 0 Å². The van der Waals surface area contributed by atoms with E-state index in [2.05, 4.69) is 5.32 Å². The van der Waals surface area contributed by atoms with Crippen molar-refractivity contribution in [3.05, 3.63) is 98.2 Å². The number of ketones is 1.